The highest BCUT2D eigenvalue weighted by Crippen LogP contribution is 2.30. The summed E-state index contributed by atoms with van der Waals surface area (Å²) in [5.74, 6) is 2.77. The molecule has 1 atom stereocenters. The fraction of sp³-hybridized carbons (Fsp3) is 0.324. The van der Waals surface area contributed by atoms with Gasteiger partial charge in [-0.25, -0.2) is 0 Å². The number of unbranched alkanes of at least 4 members (excludes halogenated alkanes) is 3. The smallest absolute Gasteiger partial charge is 0.100 e. The number of hydrogen-bond acceptors (Lipinski definition) is 2. The number of piperidine rings is 1. The van der Waals surface area contributed by atoms with E-state index in [2.05, 4.69) is 72.9 Å². The molecule has 0 aromatic heterocycles. The van der Waals surface area contributed by atoms with E-state index in [1.807, 2.05) is 36.4 Å². The predicted octanol–water partition coefficient (Wildman–Crippen LogP) is 8.98. The Morgan fingerprint density at radius 3 is 2.62 bits per heavy atom. The monoisotopic (exact) mass is 512 g/mol. The third-order valence-corrected chi connectivity index (χ3v) is 7.96. The number of likely N-dealkylation sites (tertiary alicyclic amines) is 1. The lowest BCUT2D eigenvalue weighted by molar-refractivity contribution is 0.171. The molecule has 1 fully saturated rings. The van der Waals surface area contributed by atoms with Gasteiger partial charge in [0.1, 0.15) is 6.07 Å². The van der Waals surface area contributed by atoms with Crippen molar-refractivity contribution in [1.82, 2.24) is 4.90 Å². The van der Waals surface area contributed by atoms with Crippen LogP contribution < -0.4 is 0 Å². The van der Waals surface area contributed by atoms with Gasteiger partial charge in [0.15, 0.2) is 0 Å². The van der Waals surface area contributed by atoms with Gasteiger partial charge in [0.25, 0.3) is 0 Å². The van der Waals surface area contributed by atoms with Crippen LogP contribution in [0, 0.1) is 30.6 Å². The van der Waals surface area contributed by atoms with Gasteiger partial charge in [-0.3, -0.25) is 4.90 Å². The number of benzene rings is 3. The second kappa shape index (κ2) is 14.3. The molecule has 198 valence electrons. The Balaban J connectivity index is 1.71. The summed E-state index contributed by atoms with van der Waals surface area (Å²) in [6.45, 7) is 8.37. The third kappa shape index (κ3) is 7.17. The van der Waals surface area contributed by atoms with Crippen molar-refractivity contribution in [3.8, 4) is 29.5 Å². The minimum Gasteiger partial charge on any atom is -0.293 e. The van der Waals surface area contributed by atoms with Crippen molar-refractivity contribution in [2.24, 2.45) is 0 Å². The van der Waals surface area contributed by atoms with E-state index in [9.17, 15) is 5.26 Å². The fourth-order valence-electron chi connectivity index (χ4n) is 5.75. The van der Waals surface area contributed by atoms with Crippen molar-refractivity contribution in [3.63, 3.8) is 0 Å². The van der Waals surface area contributed by atoms with Crippen LogP contribution in [0.15, 0.2) is 73.3 Å². The fourth-order valence-corrected chi connectivity index (χ4v) is 5.75. The van der Waals surface area contributed by atoms with Gasteiger partial charge in [0.05, 0.1) is 5.56 Å². The predicted molar refractivity (Wildman–Crippen MR) is 166 cm³/mol. The molecule has 0 N–H and O–H groups in total. The first-order valence-electron chi connectivity index (χ1n) is 14.3. The number of hydrogen-bond donors (Lipinski definition) is 0. The van der Waals surface area contributed by atoms with E-state index in [1.54, 1.807) is 0 Å². The summed E-state index contributed by atoms with van der Waals surface area (Å²) < 4.78 is 0. The molecule has 0 radical (unpaired) electrons. The summed E-state index contributed by atoms with van der Waals surface area (Å²) in [7, 11) is 0. The van der Waals surface area contributed by atoms with E-state index < -0.39 is 0 Å². The number of nitriles is 1. The molecule has 1 heterocycles. The van der Waals surface area contributed by atoms with Crippen molar-refractivity contribution < 1.29 is 0 Å². The molecule has 0 spiro atoms. The molecule has 2 nitrogen and oxygen atoms in total. The summed E-state index contributed by atoms with van der Waals surface area (Å²) in [4.78, 5) is 2.60. The van der Waals surface area contributed by atoms with E-state index >= 15 is 0 Å². The van der Waals surface area contributed by atoms with E-state index in [-0.39, 0.29) is 0 Å². The lowest BCUT2D eigenvalue weighted by atomic mass is 9.90. The van der Waals surface area contributed by atoms with Crippen LogP contribution in [0.5, 0.6) is 0 Å². The maximum atomic E-state index is 10.1. The van der Waals surface area contributed by atoms with Crippen LogP contribution in [0.3, 0.4) is 0 Å². The average Bonchev–Trinajstić information content (AvgIpc) is 2.98. The molecule has 3 aromatic rings. The quantitative estimate of drug-likeness (QED) is 0.111. The largest absolute Gasteiger partial charge is 0.293 e. The normalized spacial score (nSPS) is 15.6. The van der Waals surface area contributed by atoms with Gasteiger partial charge in [-0.1, -0.05) is 91.7 Å². The third-order valence-electron chi connectivity index (χ3n) is 7.96. The van der Waals surface area contributed by atoms with Crippen molar-refractivity contribution in [1.29, 1.82) is 5.26 Å². The van der Waals surface area contributed by atoms with Crippen LogP contribution in [0.1, 0.15) is 78.3 Å². The maximum Gasteiger partial charge on any atom is 0.100 e. The molecule has 39 heavy (non-hydrogen) atoms. The molecule has 1 aliphatic heterocycles. The van der Waals surface area contributed by atoms with Gasteiger partial charge in [-0.15, -0.1) is 18.9 Å². The molecule has 1 saturated heterocycles. The van der Waals surface area contributed by atoms with Gasteiger partial charge in [0, 0.05) is 24.6 Å². The highest BCUT2D eigenvalue weighted by molar-refractivity contribution is 5.81. The number of rotatable bonds is 11. The Morgan fingerprint density at radius 2 is 1.85 bits per heavy atom. The minimum absolute atomic E-state index is 0.423. The highest BCUT2D eigenvalue weighted by atomic mass is 15.2. The number of aryl methyl sites for hydroxylation is 2. The van der Waals surface area contributed by atoms with Crippen LogP contribution in [0.25, 0.3) is 23.3 Å². The summed E-state index contributed by atoms with van der Waals surface area (Å²) in [5.41, 5.74) is 9.08. The molecule has 3 aromatic carbocycles. The molecular weight excluding hydrogens is 472 g/mol. The van der Waals surface area contributed by atoms with Gasteiger partial charge >= 0.3 is 0 Å². The molecule has 4 rings (SSSR count). The molecule has 0 bridgehead atoms. The number of nitrogens with zero attached hydrogens (tertiary/aromatic N) is 2. The van der Waals surface area contributed by atoms with Crippen molar-refractivity contribution in [2.45, 2.75) is 70.9 Å². The van der Waals surface area contributed by atoms with Crippen LogP contribution >= 0.6 is 0 Å². The zero-order valence-electron chi connectivity index (χ0n) is 23.3. The molecule has 1 aliphatic rings. The van der Waals surface area contributed by atoms with Crippen molar-refractivity contribution in [2.75, 3.05) is 6.54 Å². The standard InChI is InChI=1S/C37H40N2/c1-4-6-7-8-10-18-32-23-22-29(3)34(37(32)28-39-26-14-13-20-33(39)5-2)25-24-31-19-15-21-35(36(31)27-38)30-16-11-9-12-17-30/h1,5,9,11-12,15-17,19,21-25,33H,2,6-8,10,13-14,18,20,26,28H2,3H3/b25-24+. The molecule has 0 aliphatic carbocycles. The summed E-state index contributed by atoms with van der Waals surface area (Å²) >= 11 is 0. The van der Waals surface area contributed by atoms with Crippen LogP contribution in [-0.2, 0) is 13.0 Å². The Bertz CT molecular complexity index is 1370. The van der Waals surface area contributed by atoms with E-state index in [4.69, 9.17) is 6.42 Å². The van der Waals surface area contributed by atoms with E-state index in [1.165, 1.54) is 41.5 Å². The molecule has 0 saturated carbocycles. The molecular formula is C37H40N2. The minimum atomic E-state index is 0.423. The first kappa shape index (κ1) is 28.2. The first-order chi connectivity index (χ1) is 19.2. The van der Waals surface area contributed by atoms with E-state index in [0.717, 1.165) is 61.9 Å². The second-order valence-corrected chi connectivity index (χ2v) is 10.5. The molecule has 1 unspecified atom stereocenters. The summed E-state index contributed by atoms with van der Waals surface area (Å²) in [5, 5.41) is 10.1. The Morgan fingerprint density at radius 1 is 1.00 bits per heavy atom. The second-order valence-electron chi connectivity index (χ2n) is 10.5. The molecule has 2 heteroatoms. The Kier molecular flexibility index (Phi) is 10.4. The van der Waals surface area contributed by atoms with E-state index in [0.29, 0.717) is 11.6 Å². The van der Waals surface area contributed by atoms with Crippen LogP contribution in [-0.4, -0.2) is 17.5 Å². The molecule has 0 amide bonds. The SMILES string of the molecule is C#CCCCCCc1ccc(C)c(/C=C/c2cccc(-c3ccccc3)c2C#N)c1CN1CCCCC1C=C. The average molecular weight is 513 g/mol. The lowest BCUT2D eigenvalue weighted by Crippen LogP contribution is -2.38. The highest BCUT2D eigenvalue weighted by Gasteiger charge is 2.22. The first-order valence-corrected chi connectivity index (χ1v) is 14.3. The Labute approximate surface area is 235 Å². The summed E-state index contributed by atoms with van der Waals surface area (Å²) in [6, 6.07) is 23.8. The van der Waals surface area contributed by atoms with Gasteiger partial charge in [0.2, 0.25) is 0 Å². The zero-order chi connectivity index (χ0) is 27.5. The van der Waals surface area contributed by atoms with Crippen LogP contribution in [0.2, 0.25) is 0 Å². The van der Waals surface area contributed by atoms with Crippen LogP contribution in [0.4, 0.5) is 0 Å². The number of terminal acetylenes is 1. The van der Waals surface area contributed by atoms with Gasteiger partial charge < -0.3 is 0 Å². The summed E-state index contributed by atoms with van der Waals surface area (Å²) in [6.07, 6.45) is 20.9. The Hall–Kier alpha value is -3.85. The maximum absolute atomic E-state index is 10.1. The van der Waals surface area contributed by atoms with Gasteiger partial charge in [-0.2, -0.15) is 5.26 Å². The van der Waals surface area contributed by atoms with Crippen molar-refractivity contribution >= 4 is 12.2 Å². The van der Waals surface area contributed by atoms with Gasteiger partial charge in [-0.05, 0) is 79.0 Å². The zero-order valence-corrected chi connectivity index (χ0v) is 23.3. The topological polar surface area (TPSA) is 27.0 Å². The van der Waals surface area contributed by atoms with Crippen molar-refractivity contribution in [3.05, 3.63) is 107 Å². The lowest BCUT2D eigenvalue weighted by Gasteiger charge is -2.35.